The molecule has 3 rings (SSSR count). The zero-order valence-electron chi connectivity index (χ0n) is 12.2. The number of rotatable bonds is 3. The number of carbonyl (C=O) groups is 1. The van der Waals surface area contributed by atoms with Gasteiger partial charge in [-0.2, -0.15) is 5.10 Å². The van der Waals surface area contributed by atoms with Crippen molar-refractivity contribution in [1.82, 2.24) is 14.7 Å². The van der Waals surface area contributed by atoms with E-state index in [2.05, 4.69) is 5.10 Å². The summed E-state index contributed by atoms with van der Waals surface area (Å²) in [6, 6.07) is 11.7. The van der Waals surface area contributed by atoms with Crippen molar-refractivity contribution in [2.75, 3.05) is 19.6 Å². The molecular weight excluding hydrogens is 264 g/mol. The van der Waals surface area contributed by atoms with Gasteiger partial charge in [-0.15, -0.1) is 0 Å². The van der Waals surface area contributed by atoms with Gasteiger partial charge in [0, 0.05) is 18.8 Å². The molecule has 5 nitrogen and oxygen atoms in total. The maximum absolute atomic E-state index is 12.5. The smallest absolute Gasteiger partial charge is 0.274 e. The molecule has 1 fully saturated rings. The summed E-state index contributed by atoms with van der Waals surface area (Å²) in [4.78, 5) is 14.4. The lowest BCUT2D eigenvalue weighted by Gasteiger charge is -2.14. The predicted molar refractivity (Wildman–Crippen MR) is 81.4 cm³/mol. The fourth-order valence-corrected chi connectivity index (χ4v) is 2.78. The van der Waals surface area contributed by atoms with Crippen LogP contribution in [-0.2, 0) is 0 Å². The van der Waals surface area contributed by atoms with Gasteiger partial charge in [0.2, 0.25) is 0 Å². The average molecular weight is 284 g/mol. The first-order valence-corrected chi connectivity index (χ1v) is 7.30. The van der Waals surface area contributed by atoms with Crippen molar-refractivity contribution in [2.24, 2.45) is 11.7 Å². The van der Waals surface area contributed by atoms with E-state index in [-0.39, 0.29) is 5.91 Å². The first-order valence-electron chi connectivity index (χ1n) is 7.30. The lowest BCUT2D eigenvalue weighted by atomic mass is 10.1. The Hall–Kier alpha value is -2.14. The van der Waals surface area contributed by atoms with E-state index in [1.54, 1.807) is 0 Å². The lowest BCUT2D eigenvalue weighted by Crippen LogP contribution is -2.30. The molecule has 2 heterocycles. The fraction of sp³-hybridized carbons (Fsp3) is 0.375. The Morgan fingerprint density at radius 2 is 2.14 bits per heavy atom. The SMILES string of the molecule is Cc1cc(C(=O)N2CCC(CN)C2)nn1-c1ccccc1. The van der Waals surface area contributed by atoms with Crippen molar-refractivity contribution in [1.29, 1.82) is 0 Å². The molecular formula is C16H20N4O. The van der Waals surface area contributed by atoms with Crippen LogP contribution in [0, 0.1) is 12.8 Å². The Kier molecular flexibility index (Phi) is 3.75. The van der Waals surface area contributed by atoms with Crippen molar-refractivity contribution in [3.05, 3.63) is 47.8 Å². The Morgan fingerprint density at radius 3 is 2.81 bits per heavy atom. The molecule has 2 N–H and O–H groups in total. The quantitative estimate of drug-likeness (QED) is 0.931. The maximum atomic E-state index is 12.5. The second-order valence-electron chi connectivity index (χ2n) is 5.56. The molecule has 5 heteroatoms. The topological polar surface area (TPSA) is 64.2 Å². The highest BCUT2D eigenvalue weighted by Crippen LogP contribution is 2.19. The van der Waals surface area contributed by atoms with Crippen LogP contribution in [-0.4, -0.2) is 40.2 Å². The molecule has 2 aromatic rings. The molecule has 1 atom stereocenters. The summed E-state index contributed by atoms with van der Waals surface area (Å²) < 4.78 is 1.81. The summed E-state index contributed by atoms with van der Waals surface area (Å²) in [6.45, 7) is 4.12. The van der Waals surface area contributed by atoms with Gasteiger partial charge in [-0.05, 0) is 44.0 Å². The second kappa shape index (κ2) is 5.69. The third-order valence-corrected chi connectivity index (χ3v) is 4.01. The molecule has 0 aliphatic carbocycles. The number of aromatic nitrogens is 2. The van der Waals surface area contributed by atoms with E-state index in [9.17, 15) is 4.79 Å². The van der Waals surface area contributed by atoms with Gasteiger partial charge < -0.3 is 10.6 Å². The molecule has 110 valence electrons. The fourth-order valence-electron chi connectivity index (χ4n) is 2.78. The summed E-state index contributed by atoms with van der Waals surface area (Å²) in [5, 5.41) is 4.47. The predicted octanol–water partition coefficient (Wildman–Crippen LogP) is 1.60. The van der Waals surface area contributed by atoms with E-state index in [1.165, 1.54) is 0 Å². The van der Waals surface area contributed by atoms with Crippen molar-refractivity contribution >= 4 is 5.91 Å². The van der Waals surface area contributed by atoms with Gasteiger partial charge in [0.05, 0.1) is 5.69 Å². The van der Waals surface area contributed by atoms with Crippen LogP contribution in [0.2, 0.25) is 0 Å². The highest BCUT2D eigenvalue weighted by atomic mass is 16.2. The number of hydrogen-bond acceptors (Lipinski definition) is 3. The van der Waals surface area contributed by atoms with Crippen molar-refractivity contribution < 1.29 is 4.79 Å². The number of para-hydroxylation sites is 1. The van der Waals surface area contributed by atoms with Crippen LogP contribution in [0.4, 0.5) is 0 Å². The third kappa shape index (κ3) is 2.69. The number of aryl methyl sites for hydroxylation is 1. The minimum Gasteiger partial charge on any atom is -0.337 e. The zero-order valence-corrected chi connectivity index (χ0v) is 12.2. The average Bonchev–Trinajstić information content (AvgIpc) is 3.14. The molecule has 21 heavy (non-hydrogen) atoms. The Morgan fingerprint density at radius 1 is 1.38 bits per heavy atom. The molecule has 1 amide bonds. The van der Waals surface area contributed by atoms with Gasteiger partial charge in [-0.25, -0.2) is 4.68 Å². The van der Waals surface area contributed by atoms with Crippen LogP contribution in [0.3, 0.4) is 0 Å². The highest BCUT2D eigenvalue weighted by Gasteiger charge is 2.27. The van der Waals surface area contributed by atoms with Crippen molar-refractivity contribution in [2.45, 2.75) is 13.3 Å². The monoisotopic (exact) mass is 284 g/mol. The van der Waals surface area contributed by atoms with Gasteiger partial charge in [0.25, 0.3) is 5.91 Å². The van der Waals surface area contributed by atoms with Crippen LogP contribution in [0.15, 0.2) is 36.4 Å². The van der Waals surface area contributed by atoms with Crippen LogP contribution in [0.25, 0.3) is 5.69 Å². The molecule has 0 saturated carbocycles. The molecule has 0 bridgehead atoms. The Labute approximate surface area is 124 Å². The maximum Gasteiger partial charge on any atom is 0.274 e. The number of hydrogen-bond donors (Lipinski definition) is 1. The van der Waals surface area contributed by atoms with E-state index < -0.39 is 0 Å². The summed E-state index contributed by atoms with van der Waals surface area (Å²) in [6.07, 6.45) is 0.987. The molecule has 1 unspecified atom stereocenters. The van der Waals surface area contributed by atoms with E-state index in [1.807, 2.05) is 52.9 Å². The molecule has 0 spiro atoms. The van der Waals surface area contributed by atoms with Gasteiger partial charge >= 0.3 is 0 Å². The van der Waals surface area contributed by atoms with E-state index >= 15 is 0 Å². The molecule has 0 radical (unpaired) electrons. The van der Waals surface area contributed by atoms with Crippen LogP contribution >= 0.6 is 0 Å². The van der Waals surface area contributed by atoms with Crippen molar-refractivity contribution in [3.63, 3.8) is 0 Å². The first-order chi connectivity index (χ1) is 10.2. The second-order valence-corrected chi connectivity index (χ2v) is 5.56. The number of carbonyl (C=O) groups excluding carboxylic acids is 1. The normalized spacial score (nSPS) is 18.2. The number of likely N-dealkylation sites (tertiary alicyclic amines) is 1. The van der Waals surface area contributed by atoms with Crippen LogP contribution in [0.5, 0.6) is 0 Å². The highest BCUT2D eigenvalue weighted by molar-refractivity contribution is 5.92. The van der Waals surface area contributed by atoms with Crippen molar-refractivity contribution in [3.8, 4) is 5.69 Å². The number of nitrogens with zero attached hydrogens (tertiary/aromatic N) is 3. The van der Waals surface area contributed by atoms with Gasteiger partial charge in [-0.1, -0.05) is 18.2 Å². The number of nitrogens with two attached hydrogens (primary N) is 1. The Balaban J connectivity index is 1.83. The summed E-state index contributed by atoms with van der Waals surface area (Å²) >= 11 is 0. The number of amides is 1. The van der Waals surface area contributed by atoms with Crippen LogP contribution in [0.1, 0.15) is 22.6 Å². The summed E-state index contributed by atoms with van der Waals surface area (Å²) in [5.41, 5.74) is 8.12. The minimum atomic E-state index is 0.00345. The third-order valence-electron chi connectivity index (χ3n) is 4.01. The number of benzene rings is 1. The first kappa shape index (κ1) is 13.8. The standard InChI is InChI=1S/C16H20N4O/c1-12-9-15(16(21)19-8-7-13(10-17)11-19)18-20(12)14-5-3-2-4-6-14/h2-6,9,13H,7-8,10-11,17H2,1H3. The summed E-state index contributed by atoms with van der Waals surface area (Å²) in [7, 11) is 0. The molecule has 1 aliphatic heterocycles. The summed E-state index contributed by atoms with van der Waals surface area (Å²) in [5.74, 6) is 0.426. The van der Waals surface area contributed by atoms with E-state index in [0.717, 1.165) is 30.9 Å². The van der Waals surface area contributed by atoms with E-state index in [0.29, 0.717) is 18.2 Å². The van der Waals surface area contributed by atoms with Gasteiger partial charge in [0.1, 0.15) is 0 Å². The minimum absolute atomic E-state index is 0.00345. The van der Waals surface area contributed by atoms with E-state index in [4.69, 9.17) is 5.73 Å². The Bertz CT molecular complexity index is 635. The molecule has 1 aromatic heterocycles. The largest absolute Gasteiger partial charge is 0.337 e. The lowest BCUT2D eigenvalue weighted by molar-refractivity contribution is 0.0781. The van der Waals surface area contributed by atoms with Crippen LogP contribution < -0.4 is 5.73 Å². The molecule has 1 saturated heterocycles. The zero-order chi connectivity index (χ0) is 14.8. The molecule has 1 aliphatic rings. The molecule has 1 aromatic carbocycles. The van der Waals surface area contributed by atoms with Gasteiger partial charge in [-0.3, -0.25) is 4.79 Å². The van der Waals surface area contributed by atoms with Gasteiger partial charge in [0.15, 0.2) is 5.69 Å².